The van der Waals surface area contributed by atoms with Crippen molar-refractivity contribution in [1.82, 2.24) is 14.8 Å². The molecule has 5 nitrogen and oxygen atoms in total. The van der Waals surface area contributed by atoms with Crippen LogP contribution in [0.1, 0.15) is 29.7 Å². The third-order valence-corrected chi connectivity index (χ3v) is 5.80. The number of hydrogen-bond acceptors (Lipinski definition) is 3. The van der Waals surface area contributed by atoms with Gasteiger partial charge < -0.3 is 9.80 Å². The molecule has 0 saturated carbocycles. The molecule has 140 valence electrons. The van der Waals surface area contributed by atoms with E-state index < -0.39 is 0 Å². The Morgan fingerprint density at radius 3 is 2.89 bits per heavy atom. The average Bonchev–Trinajstić information content (AvgIpc) is 2.70. The van der Waals surface area contributed by atoms with E-state index in [1.807, 2.05) is 41.3 Å². The molecule has 1 aromatic carbocycles. The minimum absolute atomic E-state index is 0.0977. The van der Waals surface area contributed by atoms with Crippen LogP contribution in [0.3, 0.4) is 0 Å². The van der Waals surface area contributed by atoms with Gasteiger partial charge in [-0.15, -0.1) is 0 Å². The molecule has 0 N–H and O–H groups in total. The van der Waals surface area contributed by atoms with Crippen LogP contribution in [-0.4, -0.2) is 39.7 Å². The number of carbonyl (C=O) groups is 2. The first-order valence-electron chi connectivity index (χ1n) is 9.34. The average molecular weight is 384 g/mol. The number of hydrogen-bond donors (Lipinski definition) is 0. The molecule has 2 aliphatic heterocycles. The van der Waals surface area contributed by atoms with Crippen LogP contribution in [0.2, 0.25) is 5.02 Å². The second-order valence-electron chi connectivity index (χ2n) is 7.22. The van der Waals surface area contributed by atoms with E-state index in [9.17, 15) is 9.59 Å². The molecular formula is C21H22ClN3O2. The maximum absolute atomic E-state index is 13.1. The van der Waals surface area contributed by atoms with Gasteiger partial charge in [0.15, 0.2) is 0 Å². The summed E-state index contributed by atoms with van der Waals surface area (Å²) in [4.78, 5) is 33.4. The Hall–Kier alpha value is -2.40. The van der Waals surface area contributed by atoms with Crippen molar-refractivity contribution in [2.45, 2.75) is 32.4 Å². The van der Waals surface area contributed by atoms with Crippen LogP contribution in [0.4, 0.5) is 0 Å². The molecule has 0 aliphatic carbocycles. The topological polar surface area (TPSA) is 53.5 Å². The van der Waals surface area contributed by atoms with Gasteiger partial charge in [0, 0.05) is 37.3 Å². The number of amides is 2. The van der Waals surface area contributed by atoms with E-state index >= 15 is 0 Å². The van der Waals surface area contributed by atoms with Crippen molar-refractivity contribution >= 4 is 23.4 Å². The summed E-state index contributed by atoms with van der Waals surface area (Å²) < 4.78 is 0. The van der Waals surface area contributed by atoms with Gasteiger partial charge in [-0.25, -0.2) is 0 Å². The molecule has 1 saturated heterocycles. The third-order valence-electron chi connectivity index (χ3n) is 5.45. The molecule has 2 aliphatic rings. The number of carbonyl (C=O) groups excluding carboxylic acids is 2. The fraction of sp³-hybridized carbons (Fsp3) is 0.381. The number of benzene rings is 1. The summed E-state index contributed by atoms with van der Waals surface area (Å²) in [7, 11) is 0. The lowest BCUT2D eigenvalue weighted by Gasteiger charge is -2.36. The fourth-order valence-corrected chi connectivity index (χ4v) is 4.25. The van der Waals surface area contributed by atoms with Crippen molar-refractivity contribution in [1.29, 1.82) is 0 Å². The molecule has 0 radical (unpaired) electrons. The summed E-state index contributed by atoms with van der Waals surface area (Å²) in [5.41, 5.74) is 3.12. The van der Waals surface area contributed by atoms with Gasteiger partial charge in [0.1, 0.15) is 0 Å². The first-order chi connectivity index (χ1) is 13.1. The summed E-state index contributed by atoms with van der Waals surface area (Å²) in [6.45, 7) is 2.20. The molecule has 4 rings (SSSR count). The molecule has 0 bridgehead atoms. The zero-order valence-corrected chi connectivity index (χ0v) is 15.9. The molecule has 3 heterocycles. The highest BCUT2D eigenvalue weighted by Crippen LogP contribution is 2.28. The molecule has 0 unspecified atom stereocenters. The summed E-state index contributed by atoms with van der Waals surface area (Å²) in [5, 5.41) is 0.782. The minimum Gasteiger partial charge on any atom is -0.338 e. The zero-order valence-electron chi connectivity index (χ0n) is 15.1. The van der Waals surface area contributed by atoms with Gasteiger partial charge in [-0.2, -0.15) is 0 Å². The predicted molar refractivity (Wildman–Crippen MR) is 103 cm³/mol. The van der Waals surface area contributed by atoms with Crippen LogP contribution in [0.5, 0.6) is 0 Å². The Bertz CT molecular complexity index is 856. The number of piperidine rings is 1. The van der Waals surface area contributed by atoms with Gasteiger partial charge in [-0.05, 0) is 42.2 Å². The van der Waals surface area contributed by atoms with Crippen molar-refractivity contribution in [3.63, 3.8) is 0 Å². The van der Waals surface area contributed by atoms with Gasteiger partial charge in [0.25, 0.3) is 0 Å². The highest BCUT2D eigenvalue weighted by Gasteiger charge is 2.34. The van der Waals surface area contributed by atoms with Crippen LogP contribution >= 0.6 is 11.6 Å². The fourth-order valence-electron chi connectivity index (χ4n) is 3.97. The van der Waals surface area contributed by atoms with Gasteiger partial charge in [-0.3, -0.25) is 14.6 Å². The monoisotopic (exact) mass is 383 g/mol. The summed E-state index contributed by atoms with van der Waals surface area (Å²) >= 11 is 6.28. The summed E-state index contributed by atoms with van der Waals surface area (Å²) in [6.07, 6.45) is 3.54. The van der Waals surface area contributed by atoms with Crippen LogP contribution in [-0.2, 0) is 29.1 Å². The Labute approximate surface area is 163 Å². The summed E-state index contributed by atoms with van der Waals surface area (Å²) in [6, 6.07) is 11.6. The second kappa shape index (κ2) is 7.69. The SMILES string of the molecule is O=C1CC[C@H](C(=O)N2CCc3c(Cl)cccc3C2)CN1Cc1ccccn1. The van der Waals surface area contributed by atoms with Crippen molar-refractivity contribution in [3.8, 4) is 0 Å². The number of aromatic nitrogens is 1. The normalized spacial score (nSPS) is 19.7. The van der Waals surface area contributed by atoms with Crippen LogP contribution in [0.15, 0.2) is 42.6 Å². The Morgan fingerprint density at radius 2 is 2.07 bits per heavy atom. The predicted octanol–water partition coefficient (Wildman–Crippen LogP) is 3.06. The van der Waals surface area contributed by atoms with E-state index in [1.165, 1.54) is 0 Å². The third kappa shape index (κ3) is 3.83. The lowest BCUT2D eigenvalue weighted by atomic mass is 9.93. The van der Waals surface area contributed by atoms with Gasteiger partial charge in [0.05, 0.1) is 18.2 Å². The molecule has 1 aromatic heterocycles. The maximum atomic E-state index is 13.1. The molecule has 1 fully saturated rings. The minimum atomic E-state index is -0.146. The first-order valence-corrected chi connectivity index (χ1v) is 9.72. The van der Waals surface area contributed by atoms with Crippen molar-refractivity contribution < 1.29 is 9.59 Å². The number of rotatable bonds is 3. The standard InChI is InChI=1S/C21H22ClN3O2/c22-19-6-3-4-15-12-24(11-9-18(15)19)21(27)16-7-8-20(26)25(13-16)14-17-5-1-2-10-23-17/h1-6,10,16H,7-9,11-14H2/t16-/m0/s1. The molecule has 27 heavy (non-hydrogen) atoms. The van der Waals surface area contributed by atoms with E-state index in [0.29, 0.717) is 39.0 Å². The zero-order chi connectivity index (χ0) is 18.8. The van der Waals surface area contributed by atoms with E-state index in [4.69, 9.17) is 11.6 Å². The van der Waals surface area contributed by atoms with E-state index in [0.717, 1.165) is 28.3 Å². The number of halogens is 1. The largest absolute Gasteiger partial charge is 0.338 e. The van der Waals surface area contributed by atoms with Gasteiger partial charge >= 0.3 is 0 Å². The smallest absolute Gasteiger partial charge is 0.227 e. The highest BCUT2D eigenvalue weighted by molar-refractivity contribution is 6.31. The Morgan fingerprint density at radius 1 is 1.19 bits per heavy atom. The molecule has 6 heteroatoms. The van der Waals surface area contributed by atoms with Gasteiger partial charge in [0.2, 0.25) is 11.8 Å². The Balaban J connectivity index is 1.44. The summed E-state index contributed by atoms with van der Waals surface area (Å²) in [5.74, 6) is 0.0896. The Kier molecular flexibility index (Phi) is 5.12. The van der Waals surface area contributed by atoms with Crippen LogP contribution in [0.25, 0.3) is 0 Å². The quantitative estimate of drug-likeness (QED) is 0.818. The van der Waals surface area contributed by atoms with E-state index in [1.54, 1.807) is 11.1 Å². The molecule has 2 aromatic rings. The number of pyridine rings is 1. The van der Waals surface area contributed by atoms with Crippen molar-refractivity contribution in [2.24, 2.45) is 5.92 Å². The van der Waals surface area contributed by atoms with Crippen molar-refractivity contribution in [3.05, 3.63) is 64.4 Å². The van der Waals surface area contributed by atoms with Gasteiger partial charge in [-0.1, -0.05) is 29.8 Å². The second-order valence-corrected chi connectivity index (χ2v) is 7.63. The van der Waals surface area contributed by atoms with Crippen LogP contribution in [0, 0.1) is 5.92 Å². The maximum Gasteiger partial charge on any atom is 0.227 e. The number of likely N-dealkylation sites (tertiary alicyclic amines) is 1. The number of fused-ring (bicyclic) bond motifs is 1. The van der Waals surface area contributed by atoms with Crippen molar-refractivity contribution in [2.75, 3.05) is 13.1 Å². The molecule has 2 amide bonds. The van der Waals surface area contributed by atoms with E-state index in [-0.39, 0.29) is 17.7 Å². The van der Waals surface area contributed by atoms with E-state index in [2.05, 4.69) is 4.98 Å². The lowest BCUT2D eigenvalue weighted by Crippen LogP contribution is -2.47. The number of nitrogens with zero attached hydrogens (tertiary/aromatic N) is 3. The van der Waals surface area contributed by atoms with Crippen LogP contribution < -0.4 is 0 Å². The molecular weight excluding hydrogens is 362 g/mol. The molecule has 1 atom stereocenters. The first kappa shape index (κ1) is 18.0. The molecule has 0 spiro atoms. The highest BCUT2D eigenvalue weighted by atomic mass is 35.5. The lowest BCUT2D eigenvalue weighted by molar-refractivity contribution is -0.144.